The maximum atomic E-state index is 12.4. The molecule has 0 radical (unpaired) electrons. The molecule has 0 N–H and O–H groups in total. The molecule has 0 atom stereocenters. The first kappa shape index (κ1) is 17.1. The van der Waals surface area contributed by atoms with E-state index in [0.29, 0.717) is 10.8 Å². The van der Waals surface area contributed by atoms with Crippen molar-refractivity contribution in [1.82, 2.24) is 4.90 Å². The van der Waals surface area contributed by atoms with Gasteiger partial charge < -0.3 is 9.64 Å². The molecule has 22 heavy (non-hydrogen) atoms. The van der Waals surface area contributed by atoms with Crippen LogP contribution in [-0.2, 0) is 4.79 Å². The van der Waals surface area contributed by atoms with Crippen LogP contribution in [0.15, 0.2) is 22.7 Å². The highest BCUT2D eigenvalue weighted by atomic mass is 79.9. The van der Waals surface area contributed by atoms with E-state index in [4.69, 9.17) is 16.3 Å². The summed E-state index contributed by atoms with van der Waals surface area (Å²) in [6.45, 7) is -0.124. The van der Waals surface area contributed by atoms with E-state index in [-0.39, 0.29) is 12.5 Å². The quantitative estimate of drug-likeness (QED) is 0.782. The van der Waals surface area contributed by atoms with Crippen LogP contribution < -0.4 is 4.74 Å². The zero-order chi connectivity index (χ0) is 16.2. The summed E-state index contributed by atoms with van der Waals surface area (Å²) in [6.07, 6.45) is 4.53. The Kier molecular flexibility index (Phi) is 5.71. The number of rotatable bonds is 4. The Balaban J connectivity index is 2.00. The number of nitriles is 1. The minimum atomic E-state index is -0.692. The molecule has 0 spiro atoms. The Hall–Kier alpha value is -1.25. The van der Waals surface area contributed by atoms with Crippen molar-refractivity contribution in [1.29, 1.82) is 5.26 Å². The zero-order valence-corrected chi connectivity index (χ0v) is 14.8. The molecule has 2 rings (SSSR count). The van der Waals surface area contributed by atoms with Gasteiger partial charge in [-0.3, -0.25) is 4.79 Å². The summed E-state index contributed by atoms with van der Waals surface area (Å²) in [6, 6.07) is 7.55. The van der Waals surface area contributed by atoms with Crippen molar-refractivity contribution in [3.8, 4) is 11.8 Å². The van der Waals surface area contributed by atoms with E-state index in [1.807, 2.05) is 0 Å². The summed E-state index contributed by atoms with van der Waals surface area (Å²) in [7, 11) is 1.68. The van der Waals surface area contributed by atoms with E-state index >= 15 is 0 Å². The van der Waals surface area contributed by atoms with Gasteiger partial charge in [-0.25, -0.2) is 0 Å². The van der Waals surface area contributed by atoms with E-state index in [1.54, 1.807) is 30.1 Å². The van der Waals surface area contributed by atoms with Crippen LogP contribution in [-0.4, -0.2) is 30.0 Å². The number of carbonyl (C=O) groups excluding carboxylic acids is 1. The molecule has 1 aliphatic rings. The largest absolute Gasteiger partial charge is 0.482 e. The lowest BCUT2D eigenvalue weighted by molar-refractivity contribution is -0.137. The van der Waals surface area contributed by atoms with Crippen LogP contribution >= 0.6 is 27.5 Å². The second-order valence-electron chi connectivity index (χ2n) is 5.52. The van der Waals surface area contributed by atoms with Gasteiger partial charge in [0.2, 0.25) is 0 Å². The van der Waals surface area contributed by atoms with Crippen molar-refractivity contribution < 1.29 is 9.53 Å². The predicted octanol–water partition coefficient (Wildman–Crippen LogP) is 4.17. The highest BCUT2D eigenvalue weighted by molar-refractivity contribution is 9.10. The molecule has 0 aromatic heterocycles. The first-order valence-electron chi connectivity index (χ1n) is 7.24. The van der Waals surface area contributed by atoms with Gasteiger partial charge in [0.25, 0.3) is 5.91 Å². The maximum absolute atomic E-state index is 12.4. The molecule has 0 bridgehead atoms. The number of hydrogen-bond donors (Lipinski definition) is 0. The van der Waals surface area contributed by atoms with E-state index in [2.05, 4.69) is 22.0 Å². The third-order valence-corrected chi connectivity index (χ3v) is 4.94. The number of amides is 1. The summed E-state index contributed by atoms with van der Waals surface area (Å²) in [4.78, 5) is 13.9. The fraction of sp³-hybridized carbons (Fsp3) is 0.500. The average Bonchev–Trinajstić information content (AvgIpc) is 2.53. The third kappa shape index (κ3) is 3.74. The van der Waals surface area contributed by atoms with Crippen molar-refractivity contribution in [2.75, 3.05) is 13.7 Å². The van der Waals surface area contributed by atoms with Crippen molar-refractivity contribution in [3.63, 3.8) is 0 Å². The normalized spacial score (nSPS) is 16.6. The second kappa shape index (κ2) is 7.34. The average molecular weight is 386 g/mol. The molecule has 0 heterocycles. The van der Waals surface area contributed by atoms with Gasteiger partial charge in [0.1, 0.15) is 11.3 Å². The summed E-state index contributed by atoms with van der Waals surface area (Å²) in [5, 5.41) is 9.95. The van der Waals surface area contributed by atoms with Gasteiger partial charge in [-0.1, -0.05) is 46.8 Å². The van der Waals surface area contributed by atoms with Gasteiger partial charge in [-0.2, -0.15) is 5.26 Å². The molecule has 0 aliphatic heterocycles. The number of benzene rings is 1. The summed E-state index contributed by atoms with van der Waals surface area (Å²) >= 11 is 9.38. The molecule has 1 aromatic rings. The van der Waals surface area contributed by atoms with Gasteiger partial charge in [0.05, 0.1) is 11.1 Å². The van der Waals surface area contributed by atoms with E-state index < -0.39 is 5.54 Å². The Morgan fingerprint density at radius 2 is 2.14 bits per heavy atom. The van der Waals surface area contributed by atoms with E-state index in [1.165, 1.54) is 0 Å². The smallest absolute Gasteiger partial charge is 0.261 e. The highest BCUT2D eigenvalue weighted by Crippen LogP contribution is 2.33. The molecule has 0 saturated heterocycles. The van der Waals surface area contributed by atoms with Gasteiger partial charge in [0.15, 0.2) is 6.61 Å². The molecular weight excluding hydrogens is 368 g/mol. The standard InChI is InChI=1S/C16H18BrClN2O2/c1-20(16(11-19)7-3-2-4-8-16)15(21)10-22-14-6-5-12(17)9-13(14)18/h5-6,9H,2-4,7-8,10H2,1H3. The Bertz CT molecular complexity index is 594. The molecule has 1 fully saturated rings. The van der Waals surface area contributed by atoms with Crippen LogP contribution in [0.25, 0.3) is 0 Å². The van der Waals surface area contributed by atoms with Crippen molar-refractivity contribution in [2.45, 2.75) is 37.6 Å². The fourth-order valence-electron chi connectivity index (χ4n) is 2.73. The molecule has 1 amide bonds. The molecule has 1 aliphatic carbocycles. The fourth-order valence-corrected chi connectivity index (χ4v) is 3.45. The number of hydrogen-bond acceptors (Lipinski definition) is 3. The van der Waals surface area contributed by atoms with Crippen LogP contribution in [0.3, 0.4) is 0 Å². The van der Waals surface area contributed by atoms with Crippen LogP contribution in [0.2, 0.25) is 5.02 Å². The second-order valence-corrected chi connectivity index (χ2v) is 6.84. The lowest BCUT2D eigenvalue weighted by atomic mass is 9.81. The first-order chi connectivity index (χ1) is 10.5. The summed E-state index contributed by atoms with van der Waals surface area (Å²) in [5.41, 5.74) is -0.692. The number of nitrogens with zero attached hydrogens (tertiary/aromatic N) is 2. The maximum Gasteiger partial charge on any atom is 0.261 e. The molecule has 4 nitrogen and oxygen atoms in total. The van der Waals surface area contributed by atoms with Crippen molar-refractivity contribution in [2.24, 2.45) is 0 Å². The van der Waals surface area contributed by atoms with Gasteiger partial charge in [-0.15, -0.1) is 0 Å². The zero-order valence-electron chi connectivity index (χ0n) is 12.4. The van der Waals surface area contributed by atoms with Crippen LogP contribution in [0, 0.1) is 11.3 Å². The molecule has 118 valence electrons. The van der Waals surface area contributed by atoms with Crippen molar-refractivity contribution in [3.05, 3.63) is 27.7 Å². The highest BCUT2D eigenvalue weighted by Gasteiger charge is 2.38. The molecular formula is C16H18BrClN2O2. The monoisotopic (exact) mass is 384 g/mol. The minimum Gasteiger partial charge on any atom is -0.482 e. The van der Waals surface area contributed by atoms with Gasteiger partial charge >= 0.3 is 0 Å². The van der Waals surface area contributed by atoms with Crippen LogP contribution in [0.1, 0.15) is 32.1 Å². The van der Waals surface area contributed by atoms with Crippen LogP contribution in [0.4, 0.5) is 0 Å². The Labute approximate surface area is 144 Å². The third-order valence-electron chi connectivity index (χ3n) is 4.15. The number of carbonyl (C=O) groups is 1. The predicted molar refractivity (Wildman–Crippen MR) is 88.8 cm³/mol. The van der Waals surface area contributed by atoms with Gasteiger partial charge in [0, 0.05) is 11.5 Å². The molecule has 6 heteroatoms. The lowest BCUT2D eigenvalue weighted by Gasteiger charge is -2.38. The first-order valence-corrected chi connectivity index (χ1v) is 8.41. The Morgan fingerprint density at radius 3 is 2.73 bits per heavy atom. The number of ether oxygens (including phenoxy) is 1. The van der Waals surface area contributed by atoms with Crippen LogP contribution in [0.5, 0.6) is 5.75 Å². The topological polar surface area (TPSA) is 53.3 Å². The Morgan fingerprint density at radius 1 is 1.45 bits per heavy atom. The van der Waals surface area contributed by atoms with E-state index in [0.717, 1.165) is 36.6 Å². The van der Waals surface area contributed by atoms with E-state index in [9.17, 15) is 10.1 Å². The summed E-state index contributed by atoms with van der Waals surface area (Å²) < 4.78 is 6.35. The SMILES string of the molecule is CN(C(=O)COc1ccc(Br)cc1Cl)C1(C#N)CCCCC1. The molecule has 1 saturated carbocycles. The molecule has 1 aromatic carbocycles. The minimum absolute atomic E-state index is 0.124. The summed E-state index contributed by atoms with van der Waals surface area (Å²) in [5.74, 6) is 0.253. The number of halogens is 2. The number of likely N-dealkylation sites (N-methyl/N-ethyl adjacent to an activating group) is 1. The van der Waals surface area contributed by atoms with Gasteiger partial charge in [-0.05, 0) is 31.0 Å². The molecule has 0 unspecified atom stereocenters. The lowest BCUT2D eigenvalue weighted by Crippen LogP contribution is -2.51. The van der Waals surface area contributed by atoms with Crippen molar-refractivity contribution >= 4 is 33.4 Å².